The molecule has 0 heterocycles. The van der Waals surface area contributed by atoms with Crippen LogP contribution in [0.5, 0.6) is 0 Å². The second-order valence-electron chi connectivity index (χ2n) is 4.53. The summed E-state index contributed by atoms with van der Waals surface area (Å²) in [6.07, 6.45) is 1.26. The van der Waals surface area contributed by atoms with Crippen LogP contribution >= 0.6 is 11.8 Å². The molecular formula is C12H28N2S. The van der Waals surface area contributed by atoms with E-state index in [-0.39, 0.29) is 0 Å². The summed E-state index contributed by atoms with van der Waals surface area (Å²) in [7, 11) is 0. The zero-order valence-electron chi connectivity index (χ0n) is 10.8. The number of thioether (sulfide) groups is 1. The molecule has 2 atom stereocenters. The van der Waals surface area contributed by atoms with E-state index in [1.54, 1.807) is 0 Å². The number of nitrogens with one attached hydrogen (secondary N) is 1. The summed E-state index contributed by atoms with van der Waals surface area (Å²) in [6, 6.07) is 0.622. The second kappa shape index (κ2) is 9.49. The number of hydrogen-bond donors (Lipinski definition) is 2. The highest BCUT2D eigenvalue weighted by Crippen LogP contribution is 2.09. The monoisotopic (exact) mass is 232 g/mol. The molecule has 0 aromatic carbocycles. The summed E-state index contributed by atoms with van der Waals surface area (Å²) in [5.41, 5.74) is 5.74. The molecule has 3 heteroatoms. The summed E-state index contributed by atoms with van der Waals surface area (Å²) >= 11 is 2.02. The largest absolute Gasteiger partial charge is 0.330 e. The molecule has 0 aliphatic carbocycles. The molecule has 15 heavy (non-hydrogen) atoms. The fraction of sp³-hybridized carbons (Fsp3) is 1.00. The topological polar surface area (TPSA) is 38.0 Å². The van der Waals surface area contributed by atoms with Crippen molar-refractivity contribution < 1.29 is 0 Å². The molecule has 3 N–H and O–H groups in total. The lowest BCUT2D eigenvalue weighted by Crippen LogP contribution is -2.36. The van der Waals surface area contributed by atoms with Gasteiger partial charge in [0.1, 0.15) is 0 Å². The zero-order valence-corrected chi connectivity index (χ0v) is 11.6. The summed E-state index contributed by atoms with van der Waals surface area (Å²) in [6.45, 7) is 10.8. The molecule has 0 radical (unpaired) electrons. The molecule has 0 aromatic rings. The molecule has 0 saturated carbocycles. The van der Waals surface area contributed by atoms with Crippen molar-refractivity contribution >= 4 is 11.8 Å². The minimum Gasteiger partial charge on any atom is -0.330 e. The lowest BCUT2D eigenvalue weighted by Gasteiger charge is -2.22. The third-order valence-electron chi connectivity index (χ3n) is 2.87. The first kappa shape index (κ1) is 15.3. The first-order valence-electron chi connectivity index (χ1n) is 6.13. The predicted molar refractivity (Wildman–Crippen MR) is 72.5 cm³/mol. The van der Waals surface area contributed by atoms with Gasteiger partial charge < -0.3 is 11.1 Å². The van der Waals surface area contributed by atoms with Gasteiger partial charge in [0.2, 0.25) is 0 Å². The first-order valence-corrected chi connectivity index (χ1v) is 7.28. The van der Waals surface area contributed by atoms with Gasteiger partial charge in [-0.15, -0.1) is 0 Å². The van der Waals surface area contributed by atoms with Gasteiger partial charge in [-0.2, -0.15) is 11.8 Å². The van der Waals surface area contributed by atoms with E-state index in [4.69, 9.17) is 5.73 Å². The number of nitrogens with two attached hydrogens (primary N) is 1. The molecule has 0 aromatic heterocycles. The van der Waals surface area contributed by atoms with Crippen LogP contribution in [0.2, 0.25) is 0 Å². The van der Waals surface area contributed by atoms with Gasteiger partial charge in [-0.25, -0.2) is 0 Å². The van der Waals surface area contributed by atoms with Crippen molar-refractivity contribution in [2.24, 2.45) is 17.6 Å². The van der Waals surface area contributed by atoms with E-state index >= 15 is 0 Å². The van der Waals surface area contributed by atoms with E-state index < -0.39 is 0 Å². The Labute approximate surface area is 99.8 Å². The molecule has 0 rings (SSSR count). The normalized spacial score (nSPS) is 15.6. The second-order valence-corrected chi connectivity index (χ2v) is 5.93. The first-order chi connectivity index (χ1) is 7.11. The minimum atomic E-state index is 0.617. The lowest BCUT2D eigenvalue weighted by atomic mass is 9.96. The Hall–Kier alpha value is 0.270. The molecule has 92 valence electrons. The van der Waals surface area contributed by atoms with Crippen LogP contribution in [0.25, 0.3) is 0 Å². The van der Waals surface area contributed by atoms with Crippen molar-refractivity contribution in [3.05, 3.63) is 0 Å². The fourth-order valence-electron chi connectivity index (χ4n) is 1.45. The van der Waals surface area contributed by atoms with Crippen LogP contribution in [-0.4, -0.2) is 30.6 Å². The molecule has 2 unspecified atom stereocenters. The number of rotatable bonds is 9. The Kier molecular flexibility index (Phi) is 9.66. The smallest absolute Gasteiger partial charge is 0.00467 e. The highest BCUT2D eigenvalue weighted by Gasteiger charge is 2.12. The van der Waals surface area contributed by atoms with Gasteiger partial charge in [-0.1, -0.05) is 20.8 Å². The fourth-order valence-corrected chi connectivity index (χ4v) is 2.26. The maximum atomic E-state index is 5.74. The van der Waals surface area contributed by atoms with Crippen molar-refractivity contribution in [3.63, 3.8) is 0 Å². The standard InChI is InChI=1S/C12H28N2S/c1-5-15-7-6-11(4)14-9-12(8-13)10(2)3/h10-12,14H,5-9,13H2,1-4H3. The summed E-state index contributed by atoms with van der Waals surface area (Å²) in [4.78, 5) is 0. The average Bonchev–Trinajstić information content (AvgIpc) is 2.18. The Morgan fingerprint density at radius 1 is 1.27 bits per heavy atom. The van der Waals surface area contributed by atoms with Crippen molar-refractivity contribution in [1.29, 1.82) is 0 Å². The maximum Gasteiger partial charge on any atom is 0.00467 e. The average molecular weight is 232 g/mol. The minimum absolute atomic E-state index is 0.617. The van der Waals surface area contributed by atoms with Gasteiger partial charge in [0.05, 0.1) is 0 Å². The SMILES string of the molecule is CCSCCC(C)NCC(CN)C(C)C. The molecule has 0 spiro atoms. The van der Waals surface area contributed by atoms with Gasteiger partial charge in [0, 0.05) is 6.04 Å². The Morgan fingerprint density at radius 3 is 2.40 bits per heavy atom. The van der Waals surface area contributed by atoms with E-state index in [0.717, 1.165) is 13.1 Å². The van der Waals surface area contributed by atoms with E-state index in [2.05, 4.69) is 33.0 Å². The van der Waals surface area contributed by atoms with Crippen molar-refractivity contribution in [3.8, 4) is 0 Å². The summed E-state index contributed by atoms with van der Waals surface area (Å²) < 4.78 is 0. The molecular weight excluding hydrogens is 204 g/mol. The van der Waals surface area contributed by atoms with Gasteiger partial charge in [-0.3, -0.25) is 0 Å². The molecule has 0 amide bonds. The Bertz CT molecular complexity index is 140. The van der Waals surface area contributed by atoms with E-state index in [9.17, 15) is 0 Å². The van der Waals surface area contributed by atoms with Gasteiger partial charge in [0.15, 0.2) is 0 Å². The molecule has 0 bridgehead atoms. The summed E-state index contributed by atoms with van der Waals surface area (Å²) in [5, 5.41) is 3.58. The van der Waals surface area contributed by atoms with Crippen molar-refractivity contribution in [1.82, 2.24) is 5.32 Å². The van der Waals surface area contributed by atoms with Gasteiger partial charge in [0.25, 0.3) is 0 Å². The third-order valence-corrected chi connectivity index (χ3v) is 3.81. The quantitative estimate of drug-likeness (QED) is 0.599. The Morgan fingerprint density at radius 2 is 1.93 bits per heavy atom. The predicted octanol–water partition coefficient (Wildman–Crippen LogP) is 2.34. The van der Waals surface area contributed by atoms with Crippen LogP contribution in [0.15, 0.2) is 0 Å². The van der Waals surface area contributed by atoms with E-state index in [0.29, 0.717) is 17.9 Å². The molecule has 0 aliphatic heterocycles. The van der Waals surface area contributed by atoms with Crippen LogP contribution in [0, 0.1) is 11.8 Å². The molecule has 0 fully saturated rings. The maximum absolute atomic E-state index is 5.74. The molecule has 2 nitrogen and oxygen atoms in total. The van der Waals surface area contributed by atoms with Crippen LogP contribution in [0.4, 0.5) is 0 Å². The van der Waals surface area contributed by atoms with Crippen molar-refractivity contribution in [2.45, 2.75) is 40.2 Å². The van der Waals surface area contributed by atoms with Crippen molar-refractivity contribution in [2.75, 3.05) is 24.6 Å². The molecule has 0 aliphatic rings. The number of hydrogen-bond acceptors (Lipinski definition) is 3. The van der Waals surface area contributed by atoms with E-state index in [1.807, 2.05) is 11.8 Å². The summed E-state index contributed by atoms with van der Waals surface area (Å²) in [5.74, 6) is 3.79. The van der Waals surface area contributed by atoms with E-state index in [1.165, 1.54) is 17.9 Å². The van der Waals surface area contributed by atoms with Crippen LogP contribution in [0.3, 0.4) is 0 Å². The van der Waals surface area contributed by atoms with Gasteiger partial charge >= 0.3 is 0 Å². The van der Waals surface area contributed by atoms with Crippen LogP contribution in [0.1, 0.15) is 34.1 Å². The third kappa shape index (κ3) is 8.12. The van der Waals surface area contributed by atoms with Crippen LogP contribution < -0.4 is 11.1 Å². The highest BCUT2D eigenvalue weighted by molar-refractivity contribution is 7.99. The van der Waals surface area contributed by atoms with Gasteiger partial charge in [-0.05, 0) is 49.8 Å². The van der Waals surface area contributed by atoms with Crippen LogP contribution in [-0.2, 0) is 0 Å². The zero-order chi connectivity index (χ0) is 11.7. The Balaban J connectivity index is 3.54. The highest BCUT2D eigenvalue weighted by atomic mass is 32.2. The lowest BCUT2D eigenvalue weighted by molar-refractivity contribution is 0.352. The molecule has 0 saturated heterocycles.